The zero-order chi connectivity index (χ0) is 16.4. The van der Waals surface area contributed by atoms with Crippen LogP contribution in [0.4, 0.5) is 11.5 Å². The van der Waals surface area contributed by atoms with E-state index in [1.807, 2.05) is 30.3 Å². The molecular weight excluding hydrogens is 314 g/mol. The van der Waals surface area contributed by atoms with E-state index >= 15 is 0 Å². The lowest BCUT2D eigenvalue weighted by molar-refractivity contribution is 0.0959. The van der Waals surface area contributed by atoms with E-state index in [0.717, 1.165) is 5.69 Å². The molecule has 1 fully saturated rings. The highest BCUT2D eigenvalue weighted by molar-refractivity contribution is 8.14. The van der Waals surface area contributed by atoms with E-state index in [1.54, 1.807) is 18.9 Å². The summed E-state index contributed by atoms with van der Waals surface area (Å²) in [5, 5.41) is 13.8. The monoisotopic (exact) mass is 331 g/mol. The number of amides is 1. The van der Waals surface area contributed by atoms with Crippen LogP contribution in [-0.4, -0.2) is 44.7 Å². The number of imidazole rings is 1. The fourth-order valence-electron chi connectivity index (χ4n) is 2.34. The fraction of sp³-hybridized carbons (Fsp3) is 0.267. The second-order valence-electron chi connectivity index (χ2n) is 5.25. The number of aromatic amines is 1. The minimum atomic E-state index is -1.06. The molecule has 0 saturated carbocycles. The van der Waals surface area contributed by atoms with Gasteiger partial charge in [-0.1, -0.05) is 30.0 Å². The van der Waals surface area contributed by atoms with E-state index in [-0.39, 0.29) is 5.91 Å². The lowest BCUT2D eigenvalue weighted by Crippen LogP contribution is -2.45. The molecule has 1 aromatic heterocycles. The highest BCUT2D eigenvalue weighted by Gasteiger charge is 2.40. The van der Waals surface area contributed by atoms with E-state index < -0.39 is 5.72 Å². The van der Waals surface area contributed by atoms with Crippen LogP contribution in [-0.2, 0) is 0 Å². The summed E-state index contributed by atoms with van der Waals surface area (Å²) in [4.78, 5) is 24.9. The van der Waals surface area contributed by atoms with Crippen molar-refractivity contribution in [2.75, 3.05) is 17.7 Å². The molecule has 23 heavy (non-hydrogen) atoms. The van der Waals surface area contributed by atoms with Crippen LogP contribution in [0.5, 0.6) is 0 Å². The predicted molar refractivity (Wildman–Crippen MR) is 91.1 cm³/mol. The molecule has 3 rings (SSSR count). The molecule has 1 aromatic carbocycles. The van der Waals surface area contributed by atoms with Gasteiger partial charge in [-0.05, 0) is 19.1 Å². The van der Waals surface area contributed by atoms with Gasteiger partial charge in [0.05, 0.1) is 6.33 Å². The zero-order valence-electron chi connectivity index (χ0n) is 12.8. The second kappa shape index (κ2) is 6.05. The minimum absolute atomic E-state index is 0.289. The highest BCUT2D eigenvalue weighted by atomic mass is 32.2. The molecular formula is C15H17N5O2S. The van der Waals surface area contributed by atoms with Gasteiger partial charge in [-0.2, -0.15) is 0 Å². The first-order valence-electron chi connectivity index (χ1n) is 7.07. The van der Waals surface area contributed by atoms with Crippen LogP contribution < -0.4 is 10.2 Å². The number of amidine groups is 1. The third kappa shape index (κ3) is 2.95. The number of nitrogens with zero attached hydrogens (tertiary/aromatic N) is 3. The maximum atomic E-state index is 11.8. The van der Waals surface area contributed by atoms with Crippen molar-refractivity contribution in [3.63, 3.8) is 0 Å². The van der Waals surface area contributed by atoms with Crippen molar-refractivity contribution in [3.05, 3.63) is 42.4 Å². The summed E-state index contributed by atoms with van der Waals surface area (Å²) in [5.74, 6) is 0.480. The average molecular weight is 331 g/mol. The topological polar surface area (TPSA) is 93.6 Å². The minimum Gasteiger partial charge on any atom is -0.370 e. The van der Waals surface area contributed by atoms with E-state index in [9.17, 15) is 9.90 Å². The van der Waals surface area contributed by atoms with Gasteiger partial charge in [0.15, 0.2) is 22.4 Å². The number of benzene rings is 1. The van der Waals surface area contributed by atoms with Crippen LogP contribution in [0.25, 0.3) is 0 Å². The van der Waals surface area contributed by atoms with Crippen LogP contribution in [0.2, 0.25) is 0 Å². The Balaban J connectivity index is 2.02. The molecule has 8 heteroatoms. The molecule has 2 heterocycles. The molecule has 7 nitrogen and oxygen atoms in total. The second-order valence-corrected chi connectivity index (χ2v) is 6.19. The Hall–Kier alpha value is -2.32. The molecule has 0 spiro atoms. The Morgan fingerprint density at radius 3 is 2.91 bits per heavy atom. The van der Waals surface area contributed by atoms with Crippen molar-refractivity contribution in [3.8, 4) is 0 Å². The summed E-state index contributed by atoms with van der Waals surface area (Å²) >= 11 is 1.42. The molecule has 120 valence electrons. The molecule has 0 aliphatic carbocycles. The summed E-state index contributed by atoms with van der Waals surface area (Å²) in [6, 6.07) is 9.52. The van der Waals surface area contributed by atoms with Crippen molar-refractivity contribution >= 4 is 34.3 Å². The van der Waals surface area contributed by atoms with Crippen molar-refractivity contribution in [1.29, 1.82) is 0 Å². The van der Waals surface area contributed by atoms with Crippen molar-refractivity contribution in [2.24, 2.45) is 4.99 Å². The number of carbonyl (C=O) groups excluding carboxylic acids is 1. The molecule has 2 aromatic rings. The smallest absolute Gasteiger partial charge is 0.271 e. The Morgan fingerprint density at radius 1 is 1.48 bits per heavy atom. The summed E-state index contributed by atoms with van der Waals surface area (Å²) in [7, 11) is 1.55. The lowest BCUT2D eigenvalue weighted by atomic mass is 10.2. The maximum Gasteiger partial charge on any atom is 0.271 e. The SMILES string of the molecule is CNC(=O)c1[nH]cnc1N=C1SC[C@](C)(O)N1c1ccccc1. The first-order valence-corrected chi connectivity index (χ1v) is 8.06. The molecule has 1 aliphatic heterocycles. The fourth-order valence-corrected chi connectivity index (χ4v) is 3.45. The number of hydrogen-bond acceptors (Lipinski definition) is 5. The number of para-hydroxylation sites is 1. The number of hydrogen-bond donors (Lipinski definition) is 3. The van der Waals surface area contributed by atoms with Crippen LogP contribution >= 0.6 is 11.8 Å². The van der Waals surface area contributed by atoms with Crippen LogP contribution in [0.3, 0.4) is 0 Å². The molecule has 1 aliphatic rings. The number of aromatic nitrogens is 2. The van der Waals surface area contributed by atoms with E-state index in [1.165, 1.54) is 18.1 Å². The standard InChI is InChI=1S/C15H17N5O2S/c1-15(22)8-23-14(20(15)10-6-4-3-5-7-10)19-12-11(13(21)16-2)17-9-18-12/h3-7,9,22H,8H2,1-2H3,(H,16,21)(H,17,18)/t15-/m0/s1. The maximum absolute atomic E-state index is 11.8. The molecule has 1 amide bonds. The normalized spacial score (nSPS) is 22.6. The summed E-state index contributed by atoms with van der Waals surface area (Å²) < 4.78 is 0. The van der Waals surface area contributed by atoms with Crippen LogP contribution in [0.1, 0.15) is 17.4 Å². The van der Waals surface area contributed by atoms with Gasteiger partial charge >= 0.3 is 0 Å². The molecule has 1 atom stereocenters. The first kappa shape index (κ1) is 15.6. The van der Waals surface area contributed by atoms with Gasteiger partial charge in [-0.25, -0.2) is 9.98 Å². The van der Waals surface area contributed by atoms with E-state index in [2.05, 4.69) is 20.3 Å². The van der Waals surface area contributed by atoms with E-state index in [4.69, 9.17) is 0 Å². The van der Waals surface area contributed by atoms with Crippen LogP contribution in [0, 0.1) is 0 Å². The van der Waals surface area contributed by atoms with Crippen molar-refractivity contribution < 1.29 is 9.90 Å². The molecule has 0 bridgehead atoms. The molecule has 0 unspecified atom stereocenters. The molecule has 3 N–H and O–H groups in total. The molecule has 1 saturated heterocycles. The largest absolute Gasteiger partial charge is 0.370 e. The summed E-state index contributed by atoms with van der Waals surface area (Å²) in [5.41, 5.74) is 0.0624. The highest BCUT2D eigenvalue weighted by Crippen LogP contribution is 2.36. The predicted octanol–water partition coefficient (Wildman–Crippen LogP) is 1.72. The van der Waals surface area contributed by atoms with Gasteiger partial charge in [0.25, 0.3) is 5.91 Å². The van der Waals surface area contributed by atoms with Crippen molar-refractivity contribution in [2.45, 2.75) is 12.6 Å². The third-order valence-corrected chi connectivity index (χ3v) is 4.66. The summed E-state index contributed by atoms with van der Waals surface area (Å²) in [6.07, 6.45) is 1.43. The number of aliphatic hydroxyl groups is 1. The van der Waals surface area contributed by atoms with Gasteiger partial charge in [0.2, 0.25) is 0 Å². The van der Waals surface area contributed by atoms with Gasteiger partial charge in [0.1, 0.15) is 0 Å². The Morgan fingerprint density at radius 2 is 2.22 bits per heavy atom. The average Bonchev–Trinajstić information content (AvgIpc) is 3.12. The number of thioether (sulfide) groups is 1. The van der Waals surface area contributed by atoms with Gasteiger partial charge in [0, 0.05) is 18.5 Å². The third-order valence-electron chi connectivity index (χ3n) is 3.44. The Labute approximate surface area is 137 Å². The van der Waals surface area contributed by atoms with Crippen LogP contribution in [0.15, 0.2) is 41.7 Å². The van der Waals surface area contributed by atoms with Gasteiger partial charge in [-0.15, -0.1) is 0 Å². The Kier molecular flexibility index (Phi) is 4.10. The van der Waals surface area contributed by atoms with Gasteiger partial charge in [-0.3, -0.25) is 9.69 Å². The number of aliphatic imine (C=N–C) groups is 1. The molecule has 0 radical (unpaired) electrons. The number of rotatable bonds is 3. The van der Waals surface area contributed by atoms with Crippen molar-refractivity contribution in [1.82, 2.24) is 15.3 Å². The number of H-pyrrole nitrogens is 1. The number of anilines is 1. The van der Waals surface area contributed by atoms with Gasteiger partial charge < -0.3 is 15.4 Å². The quantitative estimate of drug-likeness (QED) is 0.796. The van der Waals surface area contributed by atoms with E-state index in [0.29, 0.717) is 22.4 Å². The number of carbonyl (C=O) groups is 1. The number of nitrogens with one attached hydrogen (secondary N) is 2. The summed E-state index contributed by atoms with van der Waals surface area (Å²) in [6.45, 7) is 1.74. The first-order chi connectivity index (χ1) is 11.0. The zero-order valence-corrected chi connectivity index (χ0v) is 13.6. The lowest BCUT2D eigenvalue weighted by Gasteiger charge is -2.30. The Bertz CT molecular complexity index is 741.